The smallest absolute Gasteiger partial charge is 0.272 e. The molecule has 0 saturated heterocycles. The van der Waals surface area contributed by atoms with E-state index in [2.05, 4.69) is 25.6 Å². The van der Waals surface area contributed by atoms with Crippen LogP contribution in [0.3, 0.4) is 0 Å². The van der Waals surface area contributed by atoms with Crippen molar-refractivity contribution >= 4 is 11.7 Å². The number of aromatic nitrogens is 5. The summed E-state index contributed by atoms with van der Waals surface area (Å²) < 4.78 is 29.8. The van der Waals surface area contributed by atoms with Crippen molar-refractivity contribution in [2.45, 2.75) is 19.3 Å². The Morgan fingerprint density at radius 1 is 1.10 bits per heavy atom. The molecular formula is C22H16F2N6O. The predicted octanol–water partition coefficient (Wildman–Crippen LogP) is 3.79. The fourth-order valence-corrected chi connectivity index (χ4v) is 3.88. The number of hydrogen-bond acceptors (Lipinski definition) is 5. The molecule has 0 bridgehead atoms. The van der Waals surface area contributed by atoms with E-state index in [1.807, 2.05) is 30.3 Å². The number of amides is 1. The van der Waals surface area contributed by atoms with Crippen molar-refractivity contribution in [2.75, 3.05) is 5.32 Å². The second-order valence-corrected chi connectivity index (χ2v) is 7.22. The summed E-state index contributed by atoms with van der Waals surface area (Å²) in [6, 6.07) is 13.4. The lowest BCUT2D eigenvalue weighted by atomic mass is 9.85. The van der Waals surface area contributed by atoms with Gasteiger partial charge in [-0.2, -0.15) is 14.9 Å². The Morgan fingerprint density at radius 3 is 2.71 bits per heavy atom. The molecular weight excluding hydrogens is 402 g/mol. The zero-order valence-corrected chi connectivity index (χ0v) is 16.4. The van der Waals surface area contributed by atoms with Crippen molar-refractivity contribution in [1.29, 1.82) is 0 Å². The molecule has 154 valence electrons. The maximum Gasteiger partial charge on any atom is 0.272 e. The summed E-state index contributed by atoms with van der Waals surface area (Å²) in [7, 11) is 0. The fraction of sp³-hybridized carbons (Fsp3) is 0.136. The van der Waals surface area contributed by atoms with E-state index in [0.717, 1.165) is 11.6 Å². The monoisotopic (exact) mass is 418 g/mol. The van der Waals surface area contributed by atoms with Crippen molar-refractivity contribution in [3.05, 3.63) is 83.2 Å². The first-order valence-electron chi connectivity index (χ1n) is 9.61. The first-order chi connectivity index (χ1) is 15.0. The van der Waals surface area contributed by atoms with Crippen LogP contribution in [0.4, 0.5) is 14.6 Å². The Labute approximate surface area is 175 Å². The lowest BCUT2D eigenvalue weighted by Gasteiger charge is -2.24. The largest absolute Gasteiger partial charge is 0.310 e. The van der Waals surface area contributed by atoms with E-state index in [1.54, 1.807) is 6.92 Å². The van der Waals surface area contributed by atoms with Crippen molar-refractivity contribution < 1.29 is 13.6 Å². The second-order valence-electron chi connectivity index (χ2n) is 7.22. The van der Waals surface area contributed by atoms with E-state index in [1.165, 1.54) is 23.0 Å². The lowest BCUT2D eigenvalue weighted by molar-refractivity contribution is -0.116. The number of nitrogens with zero attached hydrogens (tertiary/aromatic N) is 5. The van der Waals surface area contributed by atoms with Crippen LogP contribution >= 0.6 is 0 Å². The van der Waals surface area contributed by atoms with Crippen LogP contribution in [0.25, 0.3) is 17.2 Å². The van der Waals surface area contributed by atoms with Gasteiger partial charge in [0.25, 0.3) is 5.95 Å². The van der Waals surface area contributed by atoms with Crippen LogP contribution in [0.1, 0.15) is 29.2 Å². The highest BCUT2D eigenvalue weighted by atomic mass is 19.2. The first-order valence-corrected chi connectivity index (χ1v) is 9.61. The number of halogens is 2. The number of hydrogen-bond donors (Lipinski definition) is 1. The van der Waals surface area contributed by atoms with Gasteiger partial charge in [0.05, 0.1) is 17.6 Å². The van der Waals surface area contributed by atoms with E-state index in [0.29, 0.717) is 22.8 Å². The van der Waals surface area contributed by atoms with Gasteiger partial charge in [-0.25, -0.2) is 13.8 Å². The van der Waals surface area contributed by atoms with E-state index in [9.17, 15) is 13.6 Å². The Balaban J connectivity index is 1.65. The molecule has 7 nitrogen and oxygen atoms in total. The van der Waals surface area contributed by atoms with Gasteiger partial charge in [0, 0.05) is 23.5 Å². The molecule has 5 rings (SSSR count). The summed E-state index contributed by atoms with van der Waals surface area (Å²) in [5, 5.41) is 15.3. The quantitative estimate of drug-likeness (QED) is 0.547. The van der Waals surface area contributed by atoms with Crippen molar-refractivity contribution in [2.24, 2.45) is 0 Å². The van der Waals surface area contributed by atoms with Crippen LogP contribution in [0, 0.1) is 18.6 Å². The molecule has 0 fully saturated rings. The number of nitrogens with one attached hydrogen (secondary N) is 1. The third-order valence-corrected chi connectivity index (χ3v) is 5.27. The number of anilines is 1. The van der Waals surface area contributed by atoms with Crippen molar-refractivity contribution in [3.8, 4) is 17.2 Å². The minimum atomic E-state index is -0.968. The maximum atomic E-state index is 14.5. The molecule has 1 amide bonds. The molecule has 2 aromatic carbocycles. The molecule has 1 aliphatic heterocycles. The molecule has 0 saturated carbocycles. The van der Waals surface area contributed by atoms with Gasteiger partial charge >= 0.3 is 0 Å². The average Bonchev–Trinajstić information content (AvgIpc) is 3.12. The van der Waals surface area contributed by atoms with Gasteiger partial charge in [-0.05, 0) is 18.6 Å². The summed E-state index contributed by atoms with van der Waals surface area (Å²) in [6.45, 7) is 1.74. The highest BCUT2D eigenvalue weighted by Gasteiger charge is 2.35. The Morgan fingerprint density at radius 2 is 1.90 bits per heavy atom. The van der Waals surface area contributed by atoms with Crippen molar-refractivity contribution in [1.82, 2.24) is 25.0 Å². The SMILES string of the molecule is Cc1nn(-c2nncc(-c3ccccc3)n2)c2c1C(c1cccc(F)c1F)CC(=O)N2. The summed E-state index contributed by atoms with van der Waals surface area (Å²) in [5.74, 6) is -2.46. The van der Waals surface area contributed by atoms with Gasteiger partial charge in [0.2, 0.25) is 5.91 Å². The predicted molar refractivity (Wildman–Crippen MR) is 109 cm³/mol. The normalized spacial score (nSPS) is 15.5. The van der Waals surface area contributed by atoms with Crippen molar-refractivity contribution in [3.63, 3.8) is 0 Å². The van der Waals surface area contributed by atoms with E-state index >= 15 is 0 Å². The molecule has 1 aliphatic rings. The molecule has 4 aromatic rings. The van der Waals surface area contributed by atoms with Gasteiger partial charge in [-0.1, -0.05) is 42.5 Å². The van der Waals surface area contributed by atoms with Gasteiger partial charge in [-0.15, -0.1) is 5.10 Å². The number of benzene rings is 2. The number of carbonyl (C=O) groups excluding carboxylic acids is 1. The van der Waals surface area contributed by atoms with Gasteiger partial charge in [0.15, 0.2) is 11.6 Å². The van der Waals surface area contributed by atoms with Crippen LogP contribution < -0.4 is 5.32 Å². The minimum absolute atomic E-state index is 0.0247. The zero-order chi connectivity index (χ0) is 21.5. The third kappa shape index (κ3) is 3.24. The first kappa shape index (κ1) is 19.0. The molecule has 1 N–H and O–H groups in total. The summed E-state index contributed by atoms with van der Waals surface area (Å²) in [5.41, 5.74) is 2.69. The highest BCUT2D eigenvalue weighted by molar-refractivity contribution is 5.95. The summed E-state index contributed by atoms with van der Waals surface area (Å²) in [4.78, 5) is 17.0. The Hall–Kier alpha value is -4.01. The standard InChI is InChI=1S/C22H16F2N6O/c1-12-19-15(14-8-5-9-16(23)20(14)24)10-18(31)27-21(19)30(29-12)22-26-17(11-25-28-22)13-6-3-2-4-7-13/h2-9,11,15H,10H2,1H3,(H,27,31). The highest BCUT2D eigenvalue weighted by Crippen LogP contribution is 2.41. The van der Waals surface area contributed by atoms with Gasteiger partial charge in [-0.3, -0.25) is 4.79 Å². The summed E-state index contributed by atoms with van der Waals surface area (Å²) in [6.07, 6.45) is 1.51. The molecule has 0 radical (unpaired) electrons. The molecule has 31 heavy (non-hydrogen) atoms. The van der Waals surface area contributed by atoms with Gasteiger partial charge in [0.1, 0.15) is 5.82 Å². The zero-order valence-electron chi connectivity index (χ0n) is 16.4. The molecule has 9 heteroatoms. The second kappa shape index (κ2) is 7.35. The number of aryl methyl sites for hydroxylation is 1. The molecule has 1 atom stereocenters. The number of rotatable bonds is 3. The Bertz CT molecular complexity index is 1300. The van der Waals surface area contributed by atoms with E-state index < -0.39 is 17.6 Å². The van der Waals surface area contributed by atoms with E-state index in [-0.39, 0.29) is 23.8 Å². The fourth-order valence-electron chi connectivity index (χ4n) is 3.88. The summed E-state index contributed by atoms with van der Waals surface area (Å²) >= 11 is 0. The number of fused-ring (bicyclic) bond motifs is 1. The van der Waals surface area contributed by atoms with Crippen LogP contribution in [0.5, 0.6) is 0 Å². The Kier molecular flexibility index (Phi) is 4.50. The van der Waals surface area contributed by atoms with Crippen LogP contribution in [0.2, 0.25) is 0 Å². The molecule has 0 spiro atoms. The number of carbonyl (C=O) groups is 1. The van der Waals surface area contributed by atoms with Crippen LogP contribution in [0.15, 0.2) is 54.7 Å². The van der Waals surface area contributed by atoms with Crippen LogP contribution in [-0.2, 0) is 4.79 Å². The molecule has 0 aliphatic carbocycles. The maximum absolute atomic E-state index is 14.5. The minimum Gasteiger partial charge on any atom is -0.310 e. The third-order valence-electron chi connectivity index (χ3n) is 5.27. The topological polar surface area (TPSA) is 85.6 Å². The average molecular weight is 418 g/mol. The van der Waals surface area contributed by atoms with Gasteiger partial charge < -0.3 is 5.32 Å². The molecule has 3 heterocycles. The molecule has 2 aromatic heterocycles. The van der Waals surface area contributed by atoms with Crippen LogP contribution in [-0.4, -0.2) is 30.9 Å². The molecule has 1 unspecified atom stereocenters. The lowest BCUT2D eigenvalue weighted by Crippen LogP contribution is -2.26. The van der Waals surface area contributed by atoms with E-state index in [4.69, 9.17) is 0 Å².